The summed E-state index contributed by atoms with van der Waals surface area (Å²) in [5, 5.41) is 5.60. The molecule has 0 saturated carbocycles. The third-order valence-corrected chi connectivity index (χ3v) is 7.63. The SMILES string of the molecule is CCO[P+](C)(O)Cc1ccc(Nc2ncc(C(F)(F)F)c(Nc3cccc4c3C(=O)N(C)C4)n2)c(OC)c1. The summed E-state index contributed by atoms with van der Waals surface area (Å²) in [6.45, 7) is 4.21. The van der Waals surface area contributed by atoms with Gasteiger partial charge in [0.05, 0.1) is 30.7 Å². The summed E-state index contributed by atoms with van der Waals surface area (Å²) in [4.78, 5) is 32.5. The molecule has 38 heavy (non-hydrogen) atoms. The van der Waals surface area contributed by atoms with Gasteiger partial charge < -0.3 is 20.3 Å². The molecule has 9 nitrogen and oxygen atoms in total. The third-order valence-electron chi connectivity index (χ3n) is 5.86. The molecule has 0 saturated heterocycles. The lowest BCUT2D eigenvalue weighted by Crippen LogP contribution is -2.18. The number of anilines is 4. The summed E-state index contributed by atoms with van der Waals surface area (Å²) in [6, 6.07) is 10.1. The Labute approximate surface area is 218 Å². The summed E-state index contributed by atoms with van der Waals surface area (Å²) in [7, 11) is 0.478. The van der Waals surface area contributed by atoms with Crippen LogP contribution in [0.3, 0.4) is 0 Å². The van der Waals surface area contributed by atoms with E-state index in [2.05, 4.69) is 20.6 Å². The average Bonchev–Trinajstić information content (AvgIpc) is 3.13. The van der Waals surface area contributed by atoms with Crippen LogP contribution >= 0.6 is 7.72 Å². The van der Waals surface area contributed by atoms with Gasteiger partial charge in [-0.1, -0.05) is 18.2 Å². The van der Waals surface area contributed by atoms with E-state index in [1.165, 1.54) is 18.1 Å². The van der Waals surface area contributed by atoms with Gasteiger partial charge in [-0.3, -0.25) is 4.79 Å². The predicted octanol–water partition coefficient (Wildman–Crippen LogP) is 5.58. The minimum atomic E-state index is -4.74. The second kappa shape index (κ2) is 10.7. The van der Waals surface area contributed by atoms with Crippen LogP contribution in [0.1, 0.15) is 34.0 Å². The zero-order valence-electron chi connectivity index (χ0n) is 21.3. The molecule has 4 rings (SSSR count). The maximum absolute atomic E-state index is 13.8. The molecule has 1 unspecified atom stereocenters. The fraction of sp³-hybridized carbons (Fsp3) is 0.320. The first-order valence-corrected chi connectivity index (χ1v) is 14.0. The van der Waals surface area contributed by atoms with Crippen molar-refractivity contribution in [3.05, 3.63) is 64.8 Å². The molecule has 1 aliphatic heterocycles. The fourth-order valence-electron chi connectivity index (χ4n) is 4.20. The second-order valence-corrected chi connectivity index (χ2v) is 11.5. The molecule has 1 aromatic heterocycles. The number of hydrogen-bond acceptors (Lipinski definition) is 8. The maximum Gasteiger partial charge on any atom is 0.421 e. The molecular formula is C25H28F3N5O4P+. The van der Waals surface area contributed by atoms with Gasteiger partial charge in [0, 0.05) is 19.8 Å². The predicted molar refractivity (Wildman–Crippen MR) is 139 cm³/mol. The van der Waals surface area contributed by atoms with Gasteiger partial charge in [-0.15, -0.1) is 0 Å². The lowest BCUT2D eigenvalue weighted by atomic mass is 10.1. The van der Waals surface area contributed by atoms with Crippen molar-refractivity contribution in [3.8, 4) is 5.75 Å². The van der Waals surface area contributed by atoms with Crippen molar-refractivity contribution in [1.82, 2.24) is 14.9 Å². The van der Waals surface area contributed by atoms with E-state index >= 15 is 0 Å². The van der Waals surface area contributed by atoms with Crippen LogP contribution in [-0.4, -0.2) is 53.1 Å². The number of amides is 1. The number of rotatable bonds is 9. The number of benzene rings is 2. The van der Waals surface area contributed by atoms with Gasteiger partial charge in [0.15, 0.2) is 0 Å². The van der Waals surface area contributed by atoms with Crippen molar-refractivity contribution in [3.63, 3.8) is 0 Å². The molecule has 3 aromatic rings. The average molecular weight is 550 g/mol. The summed E-state index contributed by atoms with van der Waals surface area (Å²) in [5.74, 6) is -0.526. The quantitative estimate of drug-likeness (QED) is 0.296. The minimum Gasteiger partial charge on any atom is -0.495 e. The molecule has 202 valence electrons. The van der Waals surface area contributed by atoms with Crippen LogP contribution < -0.4 is 15.4 Å². The van der Waals surface area contributed by atoms with E-state index in [0.717, 1.165) is 5.56 Å². The Hall–Kier alpha value is -3.47. The number of nitrogens with one attached hydrogen (secondary N) is 2. The number of halogens is 3. The van der Waals surface area contributed by atoms with Crippen LogP contribution in [0.4, 0.5) is 36.3 Å². The van der Waals surface area contributed by atoms with Crippen LogP contribution in [-0.2, 0) is 23.4 Å². The number of nitrogens with zero attached hydrogens (tertiary/aromatic N) is 3. The number of fused-ring (bicyclic) bond motifs is 1. The van der Waals surface area contributed by atoms with Gasteiger partial charge in [0.2, 0.25) is 5.95 Å². The van der Waals surface area contributed by atoms with Gasteiger partial charge in [-0.2, -0.15) is 18.2 Å². The molecule has 1 atom stereocenters. The minimum absolute atomic E-state index is 0.114. The first kappa shape index (κ1) is 27.6. The summed E-state index contributed by atoms with van der Waals surface area (Å²) in [5.41, 5.74) is 1.33. The van der Waals surface area contributed by atoms with E-state index in [9.17, 15) is 22.9 Å². The molecule has 2 aromatic carbocycles. The van der Waals surface area contributed by atoms with E-state index in [4.69, 9.17) is 9.26 Å². The highest BCUT2D eigenvalue weighted by atomic mass is 31.2. The number of hydrogen-bond donors (Lipinski definition) is 3. The first-order valence-electron chi connectivity index (χ1n) is 11.7. The molecule has 0 radical (unpaired) electrons. The molecule has 0 spiro atoms. The van der Waals surface area contributed by atoms with E-state index in [1.54, 1.807) is 51.0 Å². The van der Waals surface area contributed by atoms with Gasteiger partial charge in [-0.05, 0) is 36.2 Å². The number of carbonyl (C=O) groups is 1. The molecule has 0 aliphatic carbocycles. The Morgan fingerprint density at radius 1 is 1.18 bits per heavy atom. The van der Waals surface area contributed by atoms with Crippen LogP contribution in [0.15, 0.2) is 42.6 Å². The Morgan fingerprint density at radius 2 is 1.95 bits per heavy atom. The molecule has 1 amide bonds. The normalized spacial score (nSPS) is 14.7. The highest BCUT2D eigenvalue weighted by molar-refractivity contribution is 7.64. The van der Waals surface area contributed by atoms with Gasteiger partial charge in [0.25, 0.3) is 13.6 Å². The van der Waals surface area contributed by atoms with Crippen molar-refractivity contribution < 1.29 is 32.1 Å². The van der Waals surface area contributed by atoms with Crippen LogP contribution in [0.25, 0.3) is 0 Å². The number of alkyl halides is 3. The first-order chi connectivity index (χ1) is 17.9. The smallest absolute Gasteiger partial charge is 0.421 e. The monoisotopic (exact) mass is 550 g/mol. The fourth-order valence-corrected chi connectivity index (χ4v) is 5.72. The molecule has 1 aliphatic rings. The van der Waals surface area contributed by atoms with E-state index < -0.39 is 25.3 Å². The second-order valence-electron chi connectivity index (χ2n) is 8.87. The Morgan fingerprint density at radius 3 is 2.63 bits per heavy atom. The van der Waals surface area contributed by atoms with Crippen LogP contribution in [0, 0.1) is 0 Å². The molecule has 2 heterocycles. The van der Waals surface area contributed by atoms with Gasteiger partial charge >= 0.3 is 6.18 Å². The molecule has 3 N–H and O–H groups in total. The highest BCUT2D eigenvalue weighted by Crippen LogP contribution is 2.55. The van der Waals surface area contributed by atoms with E-state index in [-0.39, 0.29) is 17.5 Å². The van der Waals surface area contributed by atoms with E-state index in [0.29, 0.717) is 48.1 Å². The van der Waals surface area contributed by atoms with Crippen molar-refractivity contribution >= 4 is 36.8 Å². The summed E-state index contributed by atoms with van der Waals surface area (Å²) < 4.78 is 52.3. The molecule has 0 bridgehead atoms. The highest BCUT2D eigenvalue weighted by Gasteiger charge is 2.36. The largest absolute Gasteiger partial charge is 0.495 e. The standard InChI is InChI=1S/C25H27F3N5O4P/c1-5-37-38(4,35)14-15-9-10-18(20(11-15)36-3)31-24-29-12-17(25(26,27)28)22(32-24)30-19-8-6-7-16-13-33(2)23(34)21(16)19/h6-12,35H,5,13-14H2,1-4H3,(H-,29,30,31,32,34)/p+1. The van der Waals surface area contributed by atoms with Crippen molar-refractivity contribution in [2.24, 2.45) is 0 Å². The lowest BCUT2D eigenvalue weighted by Gasteiger charge is -2.17. The zero-order chi connectivity index (χ0) is 27.7. The Kier molecular flexibility index (Phi) is 7.78. The van der Waals surface area contributed by atoms with Crippen molar-refractivity contribution in [2.45, 2.75) is 25.8 Å². The topological polar surface area (TPSA) is 109 Å². The Bertz CT molecular complexity index is 1350. The number of carbonyl (C=O) groups excluding carboxylic acids is 1. The van der Waals surface area contributed by atoms with Crippen molar-refractivity contribution in [1.29, 1.82) is 0 Å². The summed E-state index contributed by atoms with van der Waals surface area (Å²) in [6.07, 6.45) is -3.75. The number of methoxy groups -OCH3 is 1. The zero-order valence-corrected chi connectivity index (χ0v) is 22.2. The van der Waals surface area contributed by atoms with E-state index in [1.807, 2.05) is 0 Å². The van der Waals surface area contributed by atoms with Gasteiger partial charge in [-0.25, -0.2) is 14.4 Å². The third kappa shape index (κ3) is 5.98. The number of ether oxygens (including phenoxy) is 1. The number of aromatic nitrogens is 2. The summed E-state index contributed by atoms with van der Waals surface area (Å²) >= 11 is 0. The lowest BCUT2D eigenvalue weighted by molar-refractivity contribution is -0.137. The molecular weight excluding hydrogens is 522 g/mol. The van der Waals surface area contributed by atoms with Gasteiger partial charge in [0.1, 0.15) is 30.0 Å². The molecule has 13 heteroatoms. The Balaban J connectivity index is 1.66. The van der Waals surface area contributed by atoms with Crippen LogP contribution in [0.5, 0.6) is 5.75 Å². The van der Waals surface area contributed by atoms with Crippen LogP contribution in [0.2, 0.25) is 0 Å². The molecule has 0 fully saturated rings. The maximum atomic E-state index is 13.8. The van der Waals surface area contributed by atoms with Crippen molar-refractivity contribution in [2.75, 3.05) is 38.1 Å².